The second-order valence-electron chi connectivity index (χ2n) is 8.39. The van der Waals surface area contributed by atoms with Gasteiger partial charge in [0.2, 0.25) is 0 Å². The van der Waals surface area contributed by atoms with E-state index in [-0.39, 0.29) is 6.04 Å². The first-order valence-corrected chi connectivity index (χ1v) is 11.9. The molecule has 1 rings (SSSR count). The summed E-state index contributed by atoms with van der Waals surface area (Å²) in [4.78, 5) is 0. The topological polar surface area (TPSA) is 72.7 Å². The molecule has 0 radical (unpaired) electrons. The Morgan fingerprint density at radius 1 is 0.759 bits per heavy atom. The summed E-state index contributed by atoms with van der Waals surface area (Å²) in [6.07, 6.45) is 14.4. The molecule has 0 heterocycles. The lowest BCUT2D eigenvalue weighted by Crippen LogP contribution is -2.47. The van der Waals surface area contributed by atoms with Gasteiger partial charge in [-0.2, -0.15) is 0 Å². The molecule has 0 unspecified atom stereocenters. The van der Waals surface area contributed by atoms with Crippen molar-refractivity contribution in [2.45, 2.75) is 115 Å². The summed E-state index contributed by atoms with van der Waals surface area (Å²) in [6.45, 7) is 2.50. The fourth-order valence-corrected chi connectivity index (χ4v) is 3.82. The Labute approximate surface area is 178 Å². The van der Waals surface area contributed by atoms with Crippen molar-refractivity contribution in [3.8, 4) is 0 Å². The van der Waals surface area contributed by atoms with Gasteiger partial charge in [0, 0.05) is 12.6 Å². The zero-order valence-corrected chi connectivity index (χ0v) is 18.6. The lowest BCUT2D eigenvalue weighted by molar-refractivity contribution is -0.0340. The summed E-state index contributed by atoms with van der Waals surface area (Å²) in [5.74, 6) is 0. The standard InChI is InChI=1S/C25H45NO3/c1-2-3-4-5-6-7-8-9-10-11-12-16-19-23(25(29)24(28)21-27)26-20-22-17-14-13-15-18-22/h13-15,17-18,23-29H,2-12,16,19-21H2,1H3/t23-,24+,25+/m0/s1. The third kappa shape index (κ3) is 13.1. The SMILES string of the molecule is CCCCCCCCCCCCCC[C@H](NCc1ccccc1)[C@@H](O)[C@H](O)CO. The van der Waals surface area contributed by atoms with E-state index in [9.17, 15) is 15.3 Å². The van der Waals surface area contributed by atoms with E-state index in [1.807, 2.05) is 30.3 Å². The van der Waals surface area contributed by atoms with Crippen LogP contribution in [0.15, 0.2) is 30.3 Å². The Morgan fingerprint density at radius 2 is 1.28 bits per heavy atom. The molecular formula is C25H45NO3. The Kier molecular flexibility index (Phi) is 16.1. The van der Waals surface area contributed by atoms with Gasteiger partial charge in [-0.3, -0.25) is 0 Å². The predicted molar refractivity (Wildman–Crippen MR) is 122 cm³/mol. The van der Waals surface area contributed by atoms with Gasteiger partial charge in [-0.25, -0.2) is 0 Å². The highest BCUT2D eigenvalue weighted by molar-refractivity contribution is 5.14. The quantitative estimate of drug-likeness (QED) is 0.245. The van der Waals surface area contributed by atoms with Crippen molar-refractivity contribution in [3.05, 3.63) is 35.9 Å². The van der Waals surface area contributed by atoms with Gasteiger partial charge >= 0.3 is 0 Å². The minimum atomic E-state index is -1.10. The molecule has 0 aliphatic heterocycles. The molecule has 0 fully saturated rings. The molecular weight excluding hydrogens is 362 g/mol. The van der Waals surface area contributed by atoms with Gasteiger partial charge in [0.1, 0.15) is 6.10 Å². The van der Waals surface area contributed by atoms with Crippen molar-refractivity contribution in [2.75, 3.05) is 6.61 Å². The predicted octanol–water partition coefficient (Wildman–Crippen LogP) is 4.95. The summed E-state index contributed by atoms with van der Waals surface area (Å²) in [7, 11) is 0. The average Bonchev–Trinajstić information content (AvgIpc) is 2.76. The van der Waals surface area contributed by atoms with E-state index in [1.165, 1.54) is 64.2 Å². The van der Waals surface area contributed by atoms with Crippen LogP contribution in [-0.4, -0.2) is 40.2 Å². The molecule has 1 aromatic carbocycles. The lowest BCUT2D eigenvalue weighted by atomic mass is 9.98. The van der Waals surface area contributed by atoms with Crippen molar-refractivity contribution in [1.82, 2.24) is 5.32 Å². The Balaban J connectivity index is 2.16. The van der Waals surface area contributed by atoms with Crippen molar-refractivity contribution < 1.29 is 15.3 Å². The third-order valence-electron chi connectivity index (χ3n) is 5.77. The molecule has 1 aromatic rings. The summed E-state index contributed by atoms with van der Waals surface area (Å²) in [5, 5.41) is 32.7. The maximum atomic E-state index is 10.4. The van der Waals surface area contributed by atoms with Gasteiger partial charge in [-0.1, -0.05) is 114 Å². The summed E-state index contributed by atoms with van der Waals surface area (Å²) in [6, 6.07) is 9.86. The molecule has 0 aliphatic rings. The van der Waals surface area contributed by atoms with Crippen LogP contribution in [0, 0.1) is 0 Å². The van der Waals surface area contributed by atoms with Crippen molar-refractivity contribution in [1.29, 1.82) is 0 Å². The first-order valence-electron chi connectivity index (χ1n) is 11.9. The minimum Gasteiger partial charge on any atom is -0.394 e. The molecule has 29 heavy (non-hydrogen) atoms. The number of unbranched alkanes of at least 4 members (excludes halogenated alkanes) is 11. The Hall–Kier alpha value is -0.940. The van der Waals surface area contributed by atoms with Crippen LogP contribution >= 0.6 is 0 Å². The second kappa shape index (κ2) is 17.9. The van der Waals surface area contributed by atoms with E-state index in [0.717, 1.165) is 24.8 Å². The van der Waals surface area contributed by atoms with Crippen LogP contribution < -0.4 is 5.32 Å². The fraction of sp³-hybridized carbons (Fsp3) is 0.760. The highest BCUT2D eigenvalue weighted by Crippen LogP contribution is 2.15. The third-order valence-corrected chi connectivity index (χ3v) is 5.77. The highest BCUT2D eigenvalue weighted by Gasteiger charge is 2.25. The smallest absolute Gasteiger partial charge is 0.104 e. The molecule has 3 atom stereocenters. The molecule has 0 aromatic heterocycles. The number of hydrogen-bond donors (Lipinski definition) is 4. The maximum Gasteiger partial charge on any atom is 0.104 e. The van der Waals surface area contributed by atoms with Crippen molar-refractivity contribution in [2.24, 2.45) is 0 Å². The largest absolute Gasteiger partial charge is 0.394 e. The molecule has 0 spiro atoms. The van der Waals surface area contributed by atoms with E-state index in [4.69, 9.17) is 0 Å². The number of nitrogens with one attached hydrogen (secondary N) is 1. The molecule has 4 heteroatoms. The minimum absolute atomic E-state index is 0.208. The van der Waals surface area contributed by atoms with Gasteiger partial charge in [0.15, 0.2) is 0 Å². The number of rotatable bonds is 19. The zero-order valence-electron chi connectivity index (χ0n) is 18.6. The van der Waals surface area contributed by atoms with Crippen molar-refractivity contribution in [3.63, 3.8) is 0 Å². The van der Waals surface area contributed by atoms with E-state index < -0.39 is 18.8 Å². The van der Waals surface area contributed by atoms with Crippen molar-refractivity contribution >= 4 is 0 Å². The fourth-order valence-electron chi connectivity index (χ4n) is 3.82. The molecule has 4 nitrogen and oxygen atoms in total. The van der Waals surface area contributed by atoms with Crippen LogP contribution in [-0.2, 0) is 6.54 Å². The highest BCUT2D eigenvalue weighted by atomic mass is 16.4. The van der Waals surface area contributed by atoms with Gasteiger partial charge in [-0.15, -0.1) is 0 Å². The summed E-state index contributed by atoms with van der Waals surface area (Å²) >= 11 is 0. The number of benzene rings is 1. The molecule has 0 amide bonds. The second-order valence-corrected chi connectivity index (χ2v) is 8.39. The number of aliphatic hydroxyl groups excluding tert-OH is 3. The van der Waals surface area contributed by atoms with Gasteiger partial charge in [-0.05, 0) is 12.0 Å². The van der Waals surface area contributed by atoms with Gasteiger partial charge in [0.05, 0.1) is 12.7 Å². The monoisotopic (exact) mass is 407 g/mol. The van der Waals surface area contributed by atoms with Crippen LogP contribution in [0.25, 0.3) is 0 Å². The maximum absolute atomic E-state index is 10.4. The summed E-state index contributed by atoms with van der Waals surface area (Å²) in [5.41, 5.74) is 1.15. The lowest BCUT2D eigenvalue weighted by Gasteiger charge is -2.27. The Bertz CT molecular complexity index is 468. The summed E-state index contributed by atoms with van der Waals surface area (Å²) < 4.78 is 0. The van der Waals surface area contributed by atoms with E-state index in [0.29, 0.717) is 6.54 Å². The average molecular weight is 408 g/mol. The van der Waals surface area contributed by atoms with Crippen LogP contribution in [0.1, 0.15) is 96.0 Å². The van der Waals surface area contributed by atoms with Gasteiger partial charge in [0.25, 0.3) is 0 Å². The molecule has 168 valence electrons. The normalized spacial score (nSPS) is 14.6. The Morgan fingerprint density at radius 3 is 1.79 bits per heavy atom. The van der Waals surface area contributed by atoms with E-state index in [1.54, 1.807) is 0 Å². The van der Waals surface area contributed by atoms with Gasteiger partial charge < -0.3 is 20.6 Å². The zero-order chi connectivity index (χ0) is 21.2. The molecule has 0 saturated carbocycles. The number of hydrogen-bond acceptors (Lipinski definition) is 4. The van der Waals surface area contributed by atoms with Crippen LogP contribution in [0.4, 0.5) is 0 Å². The van der Waals surface area contributed by atoms with E-state index >= 15 is 0 Å². The molecule has 0 bridgehead atoms. The molecule has 0 saturated heterocycles. The first kappa shape index (κ1) is 26.1. The first-order chi connectivity index (χ1) is 14.2. The molecule has 4 N–H and O–H groups in total. The van der Waals surface area contributed by atoms with Crippen LogP contribution in [0.3, 0.4) is 0 Å². The molecule has 0 aliphatic carbocycles. The number of aliphatic hydroxyl groups is 3. The van der Waals surface area contributed by atoms with Crippen LogP contribution in [0.5, 0.6) is 0 Å². The van der Waals surface area contributed by atoms with Crippen LogP contribution in [0.2, 0.25) is 0 Å². The van der Waals surface area contributed by atoms with E-state index in [2.05, 4.69) is 12.2 Å².